The van der Waals surface area contributed by atoms with E-state index in [0.29, 0.717) is 17.8 Å². The Bertz CT molecular complexity index is 782. The third-order valence-corrected chi connectivity index (χ3v) is 7.37. The molecule has 1 aromatic rings. The number of carbonyl (C=O) groups is 1. The zero-order valence-corrected chi connectivity index (χ0v) is 15.0. The van der Waals surface area contributed by atoms with Crippen LogP contribution >= 0.6 is 0 Å². The summed E-state index contributed by atoms with van der Waals surface area (Å²) in [6.45, 7) is 0.724. The molecule has 130 valence electrons. The van der Waals surface area contributed by atoms with E-state index < -0.39 is 9.84 Å². The maximum Gasteiger partial charge on any atom is 0.220 e. The van der Waals surface area contributed by atoms with Gasteiger partial charge in [-0.2, -0.15) is 0 Å². The molecule has 3 aliphatic rings. The molecule has 0 heterocycles. The molecule has 0 aromatic heterocycles. The second-order valence-electron chi connectivity index (χ2n) is 8.27. The molecule has 1 spiro atoms. The van der Waals surface area contributed by atoms with Gasteiger partial charge in [0.15, 0.2) is 0 Å². The van der Waals surface area contributed by atoms with E-state index in [2.05, 4.69) is 29.6 Å². The molecule has 1 N–H and O–H groups in total. The van der Waals surface area contributed by atoms with Crippen molar-refractivity contribution >= 4 is 15.7 Å². The Hall–Kier alpha value is -1.36. The summed E-state index contributed by atoms with van der Waals surface area (Å²) in [7, 11) is -3.02. The summed E-state index contributed by atoms with van der Waals surface area (Å²) in [5.41, 5.74) is 2.98. The molecule has 0 aliphatic heterocycles. The van der Waals surface area contributed by atoms with Crippen LogP contribution in [0.5, 0.6) is 0 Å². The summed E-state index contributed by atoms with van der Waals surface area (Å²) in [5.74, 6) is 0.702. The summed E-state index contributed by atoms with van der Waals surface area (Å²) >= 11 is 0. The van der Waals surface area contributed by atoms with Crippen LogP contribution in [-0.4, -0.2) is 32.9 Å². The maximum absolute atomic E-state index is 12.3. The number of nitrogens with one attached hydrogen (secondary N) is 1. The predicted octanol–water partition coefficient (Wildman–Crippen LogP) is 2.22. The Morgan fingerprint density at radius 1 is 1.25 bits per heavy atom. The van der Waals surface area contributed by atoms with E-state index in [1.165, 1.54) is 30.2 Å². The van der Waals surface area contributed by atoms with Crippen molar-refractivity contribution in [1.29, 1.82) is 0 Å². The number of hydrogen-bond donors (Lipinski definition) is 1. The molecule has 24 heavy (non-hydrogen) atoms. The lowest BCUT2D eigenvalue weighted by atomic mass is 9.95. The van der Waals surface area contributed by atoms with Gasteiger partial charge in [0.05, 0.1) is 5.75 Å². The van der Waals surface area contributed by atoms with Crippen LogP contribution in [0, 0.1) is 11.3 Å². The van der Waals surface area contributed by atoms with Crippen molar-refractivity contribution in [3.05, 3.63) is 35.4 Å². The largest absolute Gasteiger partial charge is 0.356 e. The molecule has 4 nitrogen and oxygen atoms in total. The lowest BCUT2D eigenvalue weighted by Gasteiger charge is -2.15. The average molecular weight is 347 g/mol. The zero-order valence-electron chi connectivity index (χ0n) is 14.2. The maximum atomic E-state index is 12.3. The summed E-state index contributed by atoms with van der Waals surface area (Å²) in [6.07, 6.45) is 6.84. The highest BCUT2D eigenvalue weighted by Gasteiger charge is 2.57. The smallest absolute Gasteiger partial charge is 0.220 e. The molecule has 1 amide bonds. The lowest BCUT2D eigenvalue weighted by molar-refractivity contribution is -0.122. The monoisotopic (exact) mass is 347 g/mol. The Balaban J connectivity index is 1.31. The molecule has 4 rings (SSSR count). The van der Waals surface area contributed by atoms with Gasteiger partial charge in [-0.3, -0.25) is 4.79 Å². The first kappa shape index (κ1) is 16.1. The molecule has 1 aromatic carbocycles. The molecule has 2 atom stereocenters. The van der Waals surface area contributed by atoms with E-state index >= 15 is 0 Å². The molecule has 0 radical (unpaired) electrons. The van der Waals surface area contributed by atoms with Crippen molar-refractivity contribution in [3.63, 3.8) is 0 Å². The summed E-state index contributed by atoms with van der Waals surface area (Å²) in [6, 6.07) is 8.69. The van der Waals surface area contributed by atoms with Crippen molar-refractivity contribution in [2.45, 2.75) is 43.9 Å². The Labute approximate surface area is 143 Å². The first-order valence-corrected chi connectivity index (χ1v) is 10.9. The second-order valence-corrected chi connectivity index (χ2v) is 10.4. The van der Waals surface area contributed by atoms with E-state index in [4.69, 9.17) is 0 Å². The van der Waals surface area contributed by atoms with Crippen molar-refractivity contribution in [3.8, 4) is 0 Å². The van der Waals surface area contributed by atoms with Crippen molar-refractivity contribution in [1.82, 2.24) is 5.32 Å². The van der Waals surface area contributed by atoms with E-state index in [1.54, 1.807) is 0 Å². The van der Waals surface area contributed by atoms with Crippen LogP contribution in [0.3, 0.4) is 0 Å². The number of fused-ring (bicyclic) bond motifs is 2. The van der Waals surface area contributed by atoms with Gasteiger partial charge in [-0.05, 0) is 54.6 Å². The number of benzene rings is 1. The minimum absolute atomic E-state index is 0.0180. The summed E-state index contributed by atoms with van der Waals surface area (Å²) < 4.78 is 23.0. The van der Waals surface area contributed by atoms with Crippen LogP contribution in [-0.2, 0) is 26.5 Å². The second kappa shape index (κ2) is 5.32. The zero-order chi connectivity index (χ0) is 17.0. The van der Waals surface area contributed by atoms with E-state index in [9.17, 15) is 13.2 Å². The molecule has 0 saturated heterocycles. The van der Waals surface area contributed by atoms with Crippen LogP contribution < -0.4 is 5.32 Å². The average Bonchev–Trinajstić information content (AvgIpc) is 3.36. The highest BCUT2D eigenvalue weighted by atomic mass is 32.2. The minimum atomic E-state index is -3.02. The summed E-state index contributed by atoms with van der Waals surface area (Å²) in [5, 5.41) is 3.07. The number of sulfone groups is 1. The van der Waals surface area contributed by atoms with Gasteiger partial charge in [0, 0.05) is 24.6 Å². The number of carbonyl (C=O) groups excluding carboxylic acids is 1. The first-order valence-electron chi connectivity index (χ1n) is 8.85. The van der Waals surface area contributed by atoms with E-state index in [0.717, 1.165) is 25.8 Å². The first-order chi connectivity index (χ1) is 11.3. The number of amides is 1. The fourth-order valence-corrected chi connectivity index (χ4v) is 6.25. The Kier molecular flexibility index (Phi) is 3.57. The molecule has 2 saturated carbocycles. The number of rotatable bonds is 6. The number of hydrogen-bond acceptors (Lipinski definition) is 3. The molecule has 3 aliphatic carbocycles. The Morgan fingerprint density at radius 3 is 2.71 bits per heavy atom. The molecule has 2 fully saturated rings. The third kappa shape index (κ3) is 2.99. The fourth-order valence-electron chi connectivity index (χ4n) is 4.75. The van der Waals surface area contributed by atoms with Crippen LogP contribution in [0.1, 0.15) is 43.2 Å². The van der Waals surface area contributed by atoms with Gasteiger partial charge in [0.1, 0.15) is 9.84 Å². The quantitative estimate of drug-likeness (QED) is 0.858. The molecular weight excluding hydrogens is 322 g/mol. The van der Waals surface area contributed by atoms with E-state index in [-0.39, 0.29) is 17.1 Å². The molecule has 5 heteroatoms. The van der Waals surface area contributed by atoms with Gasteiger partial charge in [-0.25, -0.2) is 8.42 Å². The van der Waals surface area contributed by atoms with Crippen LogP contribution in [0.25, 0.3) is 0 Å². The lowest BCUT2D eigenvalue weighted by Crippen LogP contribution is -2.31. The number of aryl methyl sites for hydroxylation is 1. The predicted molar refractivity (Wildman–Crippen MR) is 93.6 cm³/mol. The van der Waals surface area contributed by atoms with Crippen LogP contribution in [0.15, 0.2) is 24.3 Å². The van der Waals surface area contributed by atoms with E-state index in [1.807, 2.05) is 0 Å². The highest BCUT2D eigenvalue weighted by Crippen LogP contribution is 2.61. The fraction of sp³-hybridized carbons (Fsp3) is 0.632. The minimum Gasteiger partial charge on any atom is -0.356 e. The van der Waals surface area contributed by atoms with Gasteiger partial charge in [-0.1, -0.05) is 24.3 Å². The van der Waals surface area contributed by atoms with Crippen LogP contribution in [0.2, 0.25) is 0 Å². The van der Waals surface area contributed by atoms with Gasteiger partial charge >= 0.3 is 0 Å². The normalized spacial score (nSPS) is 29.3. The van der Waals surface area contributed by atoms with Crippen LogP contribution in [0.4, 0.5) is 0 Å². The third-order valence-electron chi connectivity index (χ3n) is 6.23. The molecular formula is C19H25NO3S. The SMILES string of the molecule is CS(=O)(=O)CC1(CC(=O)NCC2CC23CCc2ccccc23)CC1. The highest BCUT2D eigenvalue weighted by molar-refractivity contribution is 7.90. The summed E-state index contributed by atoms with van der Waals surface area (Å²) in [4.78, 5) is 12.3. The van der Waals surface area contributed by atoms with Gasteiger partial charge in [-0.15, -0.1) is 0 Å². The van der Waals surface area contributed by atoms with Crippen molar-refractivity contribution in [2.75, 3.05) is 18.6 Å². The molecule has 0 bridgehead atoms. The van der Waals surface area contributed by atoms with Crippen molar-refractivity contribution in [2.24, 2.45) is 11.3 Å². The topological polar surface area (TPSA) is 63.2 Å². The standard InChI is InChI=1S/C19H25NO3S/c1-24(22,23)13-18(8-9-18)11-17(21)20-12-15-10-19(15)7-6-14-4-2-3-5-16(14)19/h2-5,15H,6-13H2,1H3,(H,20,21). The van der Waals surface area contributed by atoms with Gasteiger partial charge in [0.25, 0.3) is 0 Å². The molecule has 2 unspecified atom stereocenters. The Morgan fingerprint density at radius 2 is 2.00 bits per heavy atom. The van der Waals surface area contributed by atoms with Crippen molar-refractivity contribution < 1.29 is 13.2 Å². The van der Waals surface area contributed by atoms with Gasteiger partial charge < -0.3 is 5.32 Å². The van der Waals surface area contributed by atoms with Gasteiger partial charge in [0.2, 0.25) is 5.91 Å².